The molecule has 1 aromatic heterocycles. The number of carbonyl (C=O) groups excluding carboxylic acids is 1. The van der Waals surface area contributed by atoms with Crippen molar-refractivity contribution in [2.24, 2.45) is 0 Å². The van der Waals surface area contributed by atoms with Crippen molar-refractivity contribution in [1.82, 2.24) is 15.3 Å². The lowest BCUT2D eigenvalue weighted by molar-refractivity contribution is -0.139. The number of benzene rings is 2. The summed E-state index contributed by atoms with van der Waals surface area (Å²) in [5.41, 5.74) is 1.19. The number of aromatic nitrogens is 2. The van der Waals surface area contributed by atoms with Crippen LogP contribution >= 0.6 is 0 Å². The van der Waals surface area contributed by atoms with Gasteiger partial charge in [-0.25, -0.2) is 4.98 Å². The number of carbonyl (C=O) groups is 1. The first kappa shape index (κ1) is 27.7. The number of fused-ring (bicyclic) bond motifs is 1. The van der Waals surface area contributed by atoms with Gasteiger partial charge in [-0.2, -0.15) is 18.2 Å². The zero-order valence-corrected chi connectivity index (χ0v) is 21.8. The number of alkyl halides is 3. The number of amides is 1. The van der Waals surface area contributed by atoms with Gasteiger partial charge in [-0.3, -0.25) is 4.79 Å². The normalized spacial score (nSPS) is 18.9. The van der Waals surface area contributed by atoms with Crippen LogP contribution in [0.3, 0.4) is 0 Å². The molecule has 1 saturated carbocycles. The fourth-order valence-corrected chi connectivity index (χ4v) is 4.81. The van der Waals surface area contributed by atoms with E-state index >= 15 is 0 Å². The van der Waals surface area contributed by atoms with Crippen LogP contribution in [0.15, 0.2) is 42.6 Å². The van der Waals surface area contributed by atoms with Crippen LogP contribution < -0.4 is 20.1 Å². The van der Waals surface area contributed by atoms with Gasteiger partial charge in [0.15, 0.2) is 0 Å². The summed E-state index contributed by atoms with van der Waals surface area (Å²) in [6.07, 6.45) is -1.13. The Hall–Kier alpha value is -3.90. The Morgan fingerprint density at radius 3 is 2.67 bits per heavy atom. The zero-order chi connectivity index (χ0) is 28.3. The van der Waals surface area contributed by atoms with Gasteiger partial charge >= 0.3 is 6.18 Å². The summed E-state index contributed by atoms with van der Waals surface area (Å²) in [5.74, 6) is -0.598. The van der Waals surface area contributed by atoms with E-state index in [1.165, 1.54) is 13.2 Å². The summed E-state index contributed by atoms with van der Waals surface area (Å²) < 4.78 is 58.0. The van der Waals surface area contributed by atoms with Crippen molar-refractivity contribution in [3.8, 4) is 17.4 Å². The van der Waals surface area contributed by atoms with Crippen molar-refractivity contribution in [3.05, 3.63) is 64.8 Å². The number of nitrogens with zero attached hydrogens (tertiary/aromatic N) is 2. The largest absolute Gasteiger partial charge is 0.495 e. The Bertz CT molecular complexity index is 1380. The second-order valence-electron chi connectivity index (χ2n) is 9.73. The number of methoxy groups -OCH3 is 1. The predicted molar refractivity (Wildman–Crippen MR) is 139 cm³/mol. The number of hydrogen-bond acceptors (Lipinski definition) is 8. The van der Waals surface area contributed by atoms with Gasteiger partial charge in [0.1, 0.15) is 17.1 Å². The van der Waals surface area contributed by atoms with E-state index in [2.05, 4.69) is 20.6 Å². The first-order valence-electron chi connectivity index (χ1n) is 13.0. The maximum Gasteiger partial charge on any atom is 0.423 e. The molecule has 0 saturated heterocycles. The Morgan fingerprint density at radius 2 is 1.93 bits per heavy atom. The molecular weight excluding hydrogens is 529 g/mol. The summed E-state index contributed by atoms with van der Waals surface area (Å²) in [7, 11) is 1.41. The summed E-state index contributed by atoms with van der Waals surface area (Å²) in [6.45, 7) is 0.752. The van der Waals surface area contributed by atoms with E-state index in [0.717, 1.165) is 5.56 Å². The first-order valence-corrected chi connectivity index (χ1v) is 13.0. The second kappa shape index (κ2) is 11.7. The molecule has 1 fully saturated rings. The molecule has 40 heavy (non-hydrogen) atoms. The molecule has 0 unspecified atom stereocenters. The number of hydrogen-bond donors (Lipinski definition) is 3. The molecule has 0 bridgehead atoms. The van der Waals surface area contributed by atoms with Gasteiger partial charge in [0.05, 0.1) is 32.1 Å². The maximum atomic E-state index is 13.8. The molecule has 1 amide bonds. The number of halogens is 3. The van der Waals surface area contributed by atoms with E-state index in [1.807, 2.05) is 6.07 Å². The van der Waals surface area contributed by atoms with E-state index in [9.17, 15) is 23.1 Å². The summed E-state index contributed by atoms with van der Waals surface area (Å²) in [4.78, 5) is 20.7. The van der Waals surface area contributed by atoms with Crippen LogP contribution in [0.25, 0.3) is 0 Å². The van der Waals surface area contributed by atoms with Crippen molar-refractivity contribution >= 4 is 17.5 Å². The molecule has 9 nitrogen and oxygen atoms in total. The van der Waals surface area contributed by atoms with E-state index in [-0.39, 0.29) is 42.1 Å². The molecule has 12 heteroatoms. The molecule has 5 rings (SSSR count). The molecule has 2 heterocycles. The van der Waals surface area contributed by atoms with Crippen LogP contribution in [-0.4, -0.2) is 46.8 Å². The highest BCUT2D eigenvalue weighted by molar-refractivity contribution is 5.95. The van der Waals surface area contributed by atoms with Crippen LogP contribution in [0.4, 0.5) is 24.8 Å². The molecule has 212 valence electrons. The van der Waals surface area contributed by atoms with E-state index in [4.69, 9.17) is 14.2 Å². The molecule has 0 spiro atoms. The minimum absolute atomic E-state index is 0.0274. The fraction of sp³-hybridized carbons (Fsp3) is 0.393. The molecule has 1 aliphatic heterocycles. The van der Waals surface area contributed by atoms with E-state index < -0.39 is 17.6 Å². The van der Waals surface area contributed by atoms with Crippen molar-refractivity contribution in [3.63, 3.8) is 0 Å². The standard InChI is InChI=1S/C28H29F3N4O5/c1-38-24-13-17(25(37)33-18-6-8-19(36)9-7-18)5-10-22(24)34-27-32-14-21(28(29,30)31)26(35-27)40-23-4-2-3-16-11-12-39-15-20(16)23/h2-5,10,13-14,18-19,36H,6-9,11-12,15H2,1H3,(H,33,37)(H,32,34,35). The fourth-order valence-electron chi connectivity index (χ4n) is 4.81. The Kier molecular flexibility index (Phi) is 8.08. The Labute approximate surface area is 228 Å². The van der Waals surface area contributed by atoms with Gasteiger partial charge in [-0.05, 0) is 61.9 Å². The molecule has 3 N–H and O–H groups in total. The van der Waals surface area contributed by atoms with Crippen molar-refractivity contribution in [2.75, 3.05) is 19.0 Å². The molecule has 2 aromatic carbocycles. The molecule has 1 aliphatic carbocycles. The average molecular weight is 559 g/mol. The Balaban J connectivity index is 1.37. The molecule has 2 aliphatic rings. The summed E-state index contributed by atoms with van der Waals surface area (Å²) >= 11 is 0. The zero-order valence-electron chi connectivity index (χ0n) is 21.8. The number of aliphatic hydroxyl groups excluding tert-OH is 1. The van der Waals surface area contributed by atoms with Crippen molar-refractivity contribution in [1.29, 1.82) is 0 Å². The SMILES string of the molecule is COc1cc(C(=O)NC2CCC(O)CC2)ccc1Nc1ncc(C(F)(F)F)c(Oc2cccc3c2COCC3)n1. The Morgan fingerprint density at radius 1 is 1.12 bits per heavy atom. The topological polar surface area (TPSA) is 115 Å². The van der Waals surface area contributed by atoms with Crippen LogP contribution in [0.5, 0.6) is 17.4 Å². The van der Waals surface area contributed by atoms with Gasteiger partial charge in [0.2, 0.25) is 11.8 Å². The third-order valence-electron chi connectivity index (χ3n) is 7.00. The van der Waals surface area contributed by atoms with E-state index in [0.29, 0.717) is 61.7 Å². The van der Waals surface area contributed by atoms with Crippen LogP contribution in [0.2, 0.25) is 0 Å². The van der Waals surface area contributed by atoms with Crippen LogP contribution in [0.1, 0.15) is 52.7 Å². The lowest BCUT2D eigenvalue weighted by atomic mass is 9.93. The maximum absolute atomic E-state index is 13.8. The third-order valence-corrected chi connectivity index (χ3v) is 7.00. The third kappa shape index (κ3) is 6.28. The van der Waals surface area contributed by atoms with Crippen LogP contribution in [-0.2, 0) is 23.9 Å². The summed E-state index contributed by atoms with van der Waals surface area (Å²) in [5, 5.41) is 15.5. The minimum atomic E-state index is -4.75. The molecule has 3 aromatic rings. The first-order chi connectivity index (χ1) is 19.2. The van der Waals surface area contributed by atoms with Gasteiger partial charge < -0.3 is 30.0 Å². The number of nitrogens with one attached hydrogen (secondary N) is 2. The van der Waals surface area contributed by atoms with Crippen molar-refractivity contribution < 1.29 is 37.3 Å². The van der Waals surface area contributed by atoms with E-state index in [1.54, 1.807) is 24.3 Å². The highest BCUT2D eigenvalue weighted by atomic mass is 19.4. The molecular formula is C28H29F3N4O5. The summed E-state index contributed by atoms with van der Waals surface area (Å²) in [6, 6.07) is 9.80. The molecule has 0 atom stereocenters. The number of ether oxygens (including phenoxy) is 3. The number of anilines is 2. The van der Waals surface area contributed by atoms with Gasteiger partial charge in [-0.15, -0.1) is 0 Å². The van der Waals surface area contributed by atoms with Gasteiger partial charge in [0, 0.05) is 23.4 Å². The van der Waals surface area contributed by atoms with Crippen LogP contribution in [0, 0.1) is 0 Å². The number of aliphatic hydroxyl groups is 1. The second-order valence-corrected chi connectivity index (χ2v) is 9.73. The predicted octanol–water partition coefficient (Wildman–Crippen LogP) is 5.15. The van der Waals surface area contributed by atoms with Gasteiger partial charge in [-0.1, -0.05) is 12.1 Å². The van der Waals surface area contributed by atoms with Gasteiger partial charge in [0.25, 0.3) is 5.91 Å². The number of rotatable bonds is 7. The lowest BCUT2D eigenvalue weighted by Crippen LogP contribution is -2.38. The quantitative estimate of drug-likeness (QED) is 0.365. The minimum Gasteiger partial charge on any atom is -0.495 e. The van der Waals surface area contributed by atoms with Crippen molar-refractivity contribution in [2.45, 2.75) is 57.0 Å². The molecule has 0 radical (unpaired) electrons. The lowest BCUT2D eigenvalue weighted by Gasteiger charge is -2.26. The average Bonchev–Trinajstić information content (AvgIpc) is 2.94. The highest BCUT2D eigenvalue weighted by Gasteiger charge is 2.37. The smallest absolute Gasteiger partial charge is 0.423 e. The highest BCUT2D eigenvalue weighted by Crippen LogP contribution is 2.39. The monoisotopic (exact) mass is 558 g/mol.